The summed E-state index contributed by atoms with van der Waals surface area (Å²) in [7, 11) is 0. The molecule has 0 aromatic carbocycles. The van der Waals surface area contributed by atoms with Crippen LogP contribution in [0.4, 0.5) is 10.8 Å². The lowest BCUT2D eigenvalue weighted by Gasteiger charge is -2.18. The number of nitrogen functional groups attached to an aromatic ring is 1. The van der Waals surface area contributed by atoms with E-state index < -0.39 is 0 Å². The number of fused-ring (bicyclic) bond motifs is 1. The van der Waals surface area contributed by atoms with E-state index in [1.54, 1.807) is 11.3 Å². The average molecular weight is 306 g/mol. The van der Waals surface area contributed by atoms with Crippen LogP contribution < -0.4 is 10.6 Å². The molecule has 1 saturated carbocycles. The van der Waals surface area contributed by atoms with Gasteiger partial charge >= 0.3 is 0 Å². The Bertz CT molecular complexity index is 621. The SMILES string of the molecule is Cc1csc(-c2c(N)nsc2N2CC3CCCC3C2)n1. The summed E-state index contributed by atoms with van der Waals surface area (Å²) in [6.45, 7) is 4.36. The average Bonchev–Trinajstić information content (AvgIpc) is 3.10. The quantitative estimate of drug-likeness (QED) is 0.924. The summed E-state index contributed by atoms with van der Waals surface area (Å²) in [4.78, 5) is 7.09. The molecular formula is C14H18N4S2. The van der Waals surface area contributed by atoms with Gasteiger partial charge in [-0.3, -0.25) is 0 Å². The molecule has 3 heterocycles. The first-order valence-electron chi connectivity index (χ1n) is 7.15. The number of nitrogens with two attached hydrogens (primary N) is 1. The second-order valence-corrected chi connectivity index (χ2v) is 7.51. The summed E-state index contributed by atoms with van der Waals surface area (Å²) in [5.74, 6) is 2.39. The van der Waals surface area contributed by atoms with E-state index in [2.05, 4.69) is 19.6 Å². The Hall–Kier alpha value is -1.14. The van der Waals surface area contributed by atoms with Crippen LogP contribution in [0.3, 0.4) is 0 Å². The topological polar surface area (TPSA) is 55.0 Å². The third-order valence-electron chi connectivity index (χ3n) is 4.55. The van der Waals surface area contributed by atoms with Crippen molar-refractivity contribution in [3.63, 3.8) is 0 Å². The van der Waals surface area contributed by atoms with Crippen molar-refractivity contribution in [2.24, 2.45) is 11.8 Å². The maximum absolute atomic E-state index is 6.11. The van der Waals surface area contributed by atoms with Crippen LogP contribution >= 0.6 is 22.9 Å². The summed E-state index contributed by atoms with van der Waals surface area (Å²) in [6.07, 6.45) is 4.19. The van der Waals surface area contributed by atoms with Crippen molar-refractivity contribution in [3.05, 3.63) is 11.1 Å². The van der Waals surface area contributed by atoms with Gasteiger partial charge in [-0.25, -0.2) is 4.98 Å². The first kappa shape index (κ1) is 12.6. The second-order valence-electron chi connectivity index (χ2n) is 5.90. The Morgan fingerprint density at radius 1 is 1.30 bits per heavy atom. The molecule has 1 saturated heterocycles. The number of hydrogen-bond acceptors (Lipinski definition) is 6. The van der Waals surface area contributed by atoms with Crippen molar-refractivity contribution < 1.29 is 0 Å². The van der Waals surface area contributed by atoms with Gasteiger partial charge in [-0.05, 0) is 43.1 Å². The zero-order chi connectivity index (χ0) is 13.7. The molecule has 2 fully saturated rings. The van der Waals surface area contributed by atoms with Crippen molar-refractivity contribution in [3.8, 4) is 10.6 Å². The number of nitrogens with zero attached hydrogens (tertiary/aromatic N) is 3. The Labute approximate surface area is 126 Å². The van der Waals surface area contributed by atoms with Crippen LogP contribution in [0.25, 0.3) is 10.6 Å². The number of hydrogen-bond donors (Lipinski definition) is 1. The first-order chi connectivity index (χ1) is 9.72. The van der Waals surface area contributed by atoms with E-state index in [9.17, 15) is 0 Å². The van der Waals surface area contributed by atoms with Crippen LogP contribution in [0.5, 0.6) is 0 Å². The third-order valence-corrected chi connectivity index (χ3v) is 6.45. The summed E-state index contributed by atoms with van der Waals surface area (Å²) in [5, 5.41) is 4.32. The fraction of sp³-hybridized carbons (Fsp3) is 0.571. The lowest BCUT2D eigenvalue weighted by Crippen LogP contribution is -2.20. The van der Waals surface area contributed by atoms with Crippen molar-refractivity contribution in [2.75, 3.05) is 23.7 Å². The largest absolute Gasteiger partial charge is 0.382 e. The minimum absolute atomic E-state index is 0.636. The molecule has 0 radical (unpaired) electrons. The highest BCUT2D eigenvalue weighted by atomic mass is 32.1. The maximum atomic E-state index is 6.11. The Kier molecular flexibility index (Phi) is 2.96. The van der Waals surface area contributed by atoms with Gasteiger partial charge in [0.1, 0.15) is 15.8 Å². The maximum Gasteiger partial charge on any atom is 0.149 e. The molecule has 6 heteroatoms. The molecular weight excluding hydrogens is 288 g/mol. The predicted molar refractivity (Wildman–Crippen MR) is 85.4 cm³/mol. The Morgan fingerprint density at radius 3 is 2.70 bits per heavy atom. The molecule has 0 amide bonds. The molecule has 4 nitrogen and oxygen atoms in total. The van der Waals surface area contributed by atoms with E-state index in [1.807, 2.05) is 6.92 Å². The fourth-order valence-electron chi connectivity index (χ4n) is 3.58. The van der Waals surface area contributed by atoms with Gasteiger partial charge in [0.15, 0.2) is 0 Å². The molecule has 4 rings (SSSR count). The monoisotopic (exact) mass is 306 g/mol. The Balaban J connectivity index is 1.69. The molecule has 2 unspecified atom stereocenters. The van der Waals surface area contributed by atoms with Crippen LogP contribution in [0.1, 0.15) is 25.0 Å². The van der Waals surface area contributed by atoms with Crippen LogP contribution in [-0.4, -0.2) is 22.4 Å². The van der Waals surface area contributed by atoms with Gasteiger partial charge in [0.05, 0.1) is 5.56 Å². The number of aryl methyl sites for hydroxylation is 1. The zero-order valence-electron chi connectivity index (χ0n) is 11.5. The van der Waals surface area contributed by atoms with Gasteiger partial charge in [0.2, 0.25) is 0 Å². The van der Waals surface area contributed by atoms with Gasteiger partial charge in [-0.2, -0.15) is 4.37 Å². The van der Waals surface area contributed by atoms with E-state index in [1.165, 1.54) is 48.9 Å². The summed E-state index contributed by atoms with van der Waals surface area (Å²) >= 11 is 3.20. The van der Waals surface area contributed by atoms with Gasteiger partial charge in [-0.1, -0.05) is 6.42 Å². The van der Waals surface area contributed by atoms with Gasteiger partial charge in [0.25, 0.3) is 0 Å². The van der Waals surface area contributed by atoms with Gasteiger partial charge in [-0.15, -0.1) is 11.3 Å². The van der Waals surface area contributed by atoms with E-state index in [-0.39, 0.29) is 0 Å². The second kappa shape index (κ2) is 4.70. The van der Waals surface area contributed by atoms with Crippen LogP contribution in [0.15, 0.2) is 5.38 Å². The Morgan fingerprint density at radius 2 is 2.05 bits per heavy atom. The highest BCUT2D eigenvalue weighted by molar-refractivity contribution is 7.15. The molecule has 0 bridgehead atoms. The van der Waals surface area contributed by atoms with Crippen LogP contribution in [0, 0.1) is 18.8 Å². The van der Waals surface area contributed by atoms with Gasteiger partial charge < -0.3 is 10.6 Å². The van der Waals surface area contributed by atoms with Crippen molar-refractivity contribution >= 4 is 33.7 Å². The van der Waals surface area contributed by atoms with Crippen LogP contribution in [-0.2, 0) is 0 Å². The number of anilines is 2. The van der Waals surface area contributed by atoms with E-state index in [4.69, 9.17) is 5.73 Å². The molecule has 106 valence electrons. The standard InChI is InChI=1S/C14H18N4S2/c1-8-7-19-13(16-8)11-12(15)17-20-14(11)18-5-9-3-2-4-10(9)6-18/h7,9-10H,2-6H2,1H3,(H2,15,17). The molecule has 2 aromatic heterocycles. The molecule has 2 N–H and O–H groups in total. The molecule has 2 aromatic rings. The minimum atomic E-state index is 0.636. The molecule has 0 spiro atoms. The van der Waals surface area contributed by atoms with E-state index in [0.29, 0.717) is 5.82 Å². The normalized spacial score (nSPS) is 25.4. The predicted octanol–water partition coefficient (Wildman–Crippen LogP) is 3.39. The smallest absolute Gasteiger partial charge is 0.149 e. The number of rotatable bonds is 2. The summed E-state index contributed by atoms with van der Waals surface area (Å²) in [5.41, 5.74) is 8.22. The molecule has 1 aliphatic heterocycles. The summed E-state index contributed by atoms with van der Waals surface area (Å²) < 4.78 is 4.39. The fourth-order valence-corrected chi connectivity index (χ4v) is 5.33. The third kappa shape index (κ3) is 1.93. The van der Waals surface area contributed by atoms with E-state index in [0.717, 1.165) is 28.1 Å². The molecule has 2 aliphatic rings. The minimum Gasteiger partial charge on any atom is -0.382 e. The van der Waals surface area contributed by atoms with Gasteiger partial charge in [0, 0.05) is 24.2 Å². The highest BCUT2D eigenvalue weighted by Crippen LogP contribution is 2.46. The number of aromatic nitrogens is 2. The zero-order valence-corrected chi connectivity index (χ0v) is 13.1. The molecule has 20 heavy (non-hydrogen) atoms. The van der Waals surface area contributed by atoms with E-state index >= 15 is 0 Å². The highest BCUT2D eigenvalue weighted by Gasteiger charge is 2.38. The van der Waals surface area contributed by atoms with Crippen molar-refractivity contribution in [1.82, 2.24) is 9.36 Å². The number of thiazole rings is 1. The summed E-state index contributed by atoms with van der Waals surface area (Å²) in [6, 6.07) is 0. The lowest BCUT2D eigenvalue weighted by atomic mass is 10.0. The molecule has 1 aliphatic carbocycles. The lowest BCUT2D eigenvalue weighted by molar-refractivity contribution is 0.494. The van der Waals surface area contributed by atoms with Crippen molar-refractivity contribution in [2.45, 2.75) is 26.2 Å². The van der Waals surface area contributed by atoms with Crippen molar-refractivity contribution in [1.29, 1.82) is 0 Å². The molecule has 2 atom stereocenters. The van der Waals surface area contributed by atoms with Crippen LogP contribution in [0.2, 0.25) is 0 Å². The first-order valence-corrected chi connectivity index (χ1v) is 8.80.